The summed E-state index contributed by atoms with van der Waals surface area (Å²) in [5.41, 5.74) is 8.63. The molecule has 0 amide bonds. The highest BCUT2D eigenvalue weighted by atomic mass is 15.3. The Bertz CT molecular complexity index is 448. The maximum absolute atomic E-state index is 6.14. The van der Waals surface area contributed by atoms with E-state index in [9.17, 15) is 0 Å². The average Bonchev–Trinajstić information content (AvgIpc) is 2.77. The van der Waals surface area contributed by atoms with Gasteiger partial charge in [-0.1, -0.05) is 30.3 Å². The number of aromatic nitrogens is 2. The van der Waals surface area contributed by atoms with Crippen LogP contribution in [0.4, 0.5) is 0 Å². The number of nitrogens with two attached hydrogens (primary N) is 1. The zero-order valence-electron chi connectivity index (χ0n) is 10.2. The zero-order valence-corrected chi connectivity index (χ0v) is 10.2. The molecule has 0 fully saturated rings. The molecule has 2 N–H and O–H groups in total. The fraction of sp³-hybridized carbons (Fsp3) is 0.357. The maximum atomic E-state index is 6.14. The molecule has 0 saturated heterocycles. The molecule has 0 radical (unpaired) electrons. The van der Waals surface area contributed by atoms with Crippen molar-refractivity contribution in [1.29, 1.82) is 0 Å². The lowest BCUT2D eigenvalue weighted by atomic mass is 10.0. The first kappa shape index (κ1) is 11.9. The van der Waals surface area contributed by atoms with Gasteiger partial charge in [0.05, 0.1) is 5.69 Å². The normalized spacial score (nSPS) is 12.6. The van der Waals surface area contributed by atoms with E-state index in [1.807, 2.05) is 23.9 Å². The summed E-state index contributed by atoms with van der Waals surface area (Å²) in [5.74, 6) is 0. The van der Waals surface area contributed by atoms with Crippen molar-refractivity contribution in [3.63, 3.8) is 0 Å². The summed E-state index contributed by atoms with van der Waals surface area (Å²) >= 11 is 0. The minimum atomic E-state index is 0.0891. The third kappa shape index (κ3) is 3.17. The van der Waals surface area contributed by atoms with Gasteiger partial charge in [-0.05, 0) is 30.9 Å². The lowest BCUT2D eigenvalue weighted by Gasteiger charge is -2.11. The van der Waals surface area contributed by atoms with Crippen LogP contribution in [0.5, 0.6) is 0 Å². The monoisotopic (exact) mass is 229 g/mol. The van der Waals surface area contributed by atoms with Crippen LogP contribution < -0.4 is 5.73 Å². The summed E-state index contributed by atoms with van der Waals surface area (Å²) in [5, 5.41) is 4.14. The summed E-state index contributed by atoms with van der Waals surface area (Å²) in [6.07, 6.45) is 4.99. The smallest absolute Gasteiger partial charge is 0.0548 e. The Morgan fingerprint density at radius 3 is 2.65 bits per heavy atom. The predicted octanol–water partition coefficient (Wildman–Crippen LogP) is 2.44. The van der Waals surface area contributed by atoms with Gasteiger partial charge in [-0.15, -0.1) is 0 Å². The Balaban J connectivity index is 1.81. The minimum Gasteiger partial charge on any atom is -0.323 e. The predicted molar refractivity (Wildman–Crippen MR) is 69.5 cm³/mol. The largest absolute Gasteiger partial charge is 0.323 e. The number of hydrogen-bond donors (Lipinski definition) is 1. The van der Waals surface area contributed by atoms with Crippen molar-refractivity contribution in [2.75, 3.05) is 0 Å². The fourth-order valence-electron chi connectivity index (χ4n) is 2.07. The van der Waals surface area contributed by atoms with Crippen molar-refractivity contribution in [3.05, 3.63) is 53.9 Å². The SMILES string of the molecule is Cn1nccc1C(N)CCCc1ccccc1. The van der Waals surface area contributed by atoms with E-state index in [0.717, 1.165) is 25.0 Å². The second kappa shape index (κ2) is 5.64. The third-order valence-electron chi connectivity index (χ3n) is 3.06. The van der Waals surface area contributed by atoms with E-state index >= 15 is 0 Å². The molecule has 2 rings (SSSR count). The van der Waals surface area contributed by atoms with Gasteiger partial charge < -0.3 is 5.73 Å². The van der Waals surface area contributed by atoms with E-state index in [1.165, 1.54) is 5.56 Å². The van der Waals surface area contributed by atoms with E-state index in [0.29, 0.717) is 0 Å². The number of benzene rings is 1. The minimum absolute atomic E-state index is 0.0891. The summed E-state index contributed by atoms with van der Waals surface area (Å²) in [4.78, 5) is 0. The highest BCUT2D eigenvalue weighted by Crippen LogP contribution is 2.16. The Morgan fingerprint density at radius 1 is 1.24 bits per heavy atom. The number of aryl methyl sites for hydroxylation is 2. The summed E-state index contributed by atoms with van der Waals surface area (Å²) < 4.78 is 1.85. The van der Waals surface area contributed by atoms with Crippen molar-refractivity contribution in [2.24, 2.45) is 12.8 Å². The van der Waals surface area contributed by atoms with Crippen molar-refractivity contribution in [3.8, 4) is 0 Å². The standard InChI is InChI=1S/C14H19N3/c1-17-14(10-11-16-17)13(15)9-5-8-12-6-3-2-4-7-12/h2-4,6-7,10-11,13H,5,8-9,15H2,1H3. The van der Waals surface area contributed by atoms with Gasteiger partial charge >= 0.3 is 0 Å². The molecule has 0 spiro atoms. The molecule has 0 aliphatic rings. The molecule has 1 heterocycles. The Morgan fingerprint density at radius 2 is 2.00 bits per heavy atom. The third-order valence-corrected chi connectivity index (χ3v) is 3.06. The molecular formula is C14H19N3. The second-order valence-corrected chi connectivity index (χ2v) is 4.36. The first-order valence-corrected chi connectivity index (χ1v) is 6.05. The molecule has 17 heavy (non-hydrogen) atoms. The van der Waals surface area contributed by atoms with Crippen LogP contribution in [0.25, 0.3) is 0 Å². The van der Waals surface area contributed by atoms with Crippen molar-refractivity contribution >= 4 is 0 Å². The number of nitrogens with zero attached hydrogens (tertiary/aromatic N) is 2. The zero-order chi connectivity index (χ0) is 12.1. The van der Waals surface area contributed by atoms with Gasteiger partial charge in [0.2, 0.25) is 0 Å². The molecule has 1 atom stereocenters. The molecule has 0 aliphatic carbocycles. The highest BCUT2D eigenvalue weighted by Gasteiger charge is 2.09. The topological polar surface area (TPSA) is 43.8 Å². The fourth-order valence-corrected chi connectivity index (χ4v) is 2.07. The molecule has 1 aromatic heterocycles. The average molecular weight is 229 g/mol. The van der Waals surface area contributed by atoms with Crippen LogP contribution in [0.1, 0.15) is 30.1 Å². The van der Waals surface area contributed by atoms with E-state index in [1.54, 1.807) is 6.20 Å². The first-order valence-electron chi connectivity index (χ1n) is 6.05. The Hall–Kier alpha value is -1.61. The summed E-state index contributed by atoms with van der Waals surface area (Å²) in [7, 11) is 1.94. The molecular weight excluding hydrogens is 210 g/mol. The lowest BCUT2D eigenvalue weighted by Crippen LogP contribution is -2.14. The van der Waals surface area contributed by atoms with Gasteiger partial charge in [-0.2, -0.15) is 5.10 Å². The molecule has 0 aliphatic heterocycles. The maximum Gasteiger partial charge on any atom is 0.0548 e. The van der Waals surface area contributed by atoms with Crippen molar-refractivity contribution in [1.82, 2.24) is 9.78 Å². The summed E-state index contributed by atoms with van der Waals surface area (Å²) in [6.45, 7) is 0. The molecule has 2 aromatic rings. The molecule has 1 aromatic carbocycles. The second-order valence-electron chi connectivity index (χ2n) is 4.36. The van der Waals surface area contributed by atoms with E-state index < -0.39 is 0 Å². The highest BCUT2D eigenvalue weighted by molar-refractivity contribution is 5.14. The van der Waals surface area contributed by atoms with Crippen molar-refractivity contribution in [2.45, 2.75) is 25.3 Å². The van der Waals surface area contributed by atoms with Crippen LogP contribution in [0.3, 0.4) is 0 Å². The van der Waals surface area contributed by atoms with Crippen LogP contribution in [0.15, 0.2) is 42.6 Å². The molecule has 0 bridgehead atoms. The first-order chi connectivity index (χ1) is 8.27. The molecule has 3 heteroatoms. The lowest BCUT2D eigenvalue weighted by molar-refractivity contribution is 0.560. The van der Waals surface area contributed by atoms with Gasteiger partial charge in [0, 0.05) is 19.3 Å². The molecule has 3 nitrogen and oxygen atoms in total. The molecule has 0 saturated carbocycles. The number of hydrogen-bond acceptors (Lipinski definition) is 2. The van der Waals surface area contributed by atoms with Crippen LogP contribution in [0, 0.1) is 0 Å². The van der Waals surface area contributed by atoms with Crippen LogP contribution in [0.2, 0.25) is 0 Å². The van der Waals surface area contributed by atoms with E-state index in [4.69, 9.17) is 5.73 Å². The summed E-state index contributed by atoms with van der Waals surface area (Å²) in [6, 6.07) is 12.6. The van der Waals surface area contributed by atoms with Gasteiger partial charge in [0.15, 0.2) is 0 Å². The Kier molecular flexibility index (Phi) is 3.94. The molecule has 90 valence electrons. The van der Waals surface area contributed by atoms with Gasteiger partial charge in [-0.3, -0.25) is 4.68 Å². The van der Waals surface area contributed by atoms with Gasteiger partial charge in [0.25, 0.3) is 0 Å². The Labute approximate surface area is 102 Å². The quantitative estimate of drug-likeness (QED) is 0.855. The van der Waals surface area contributed by atoms with Gasteiger partial charge in [-0.25, -0.2) is 0 Å². The van der Waals surface area contributed by atoms with E-state index in [-0.39, 0.29) is 6.04 Å². The number of rotatable bonds is 5. The van der Waals surface area contributed by atoms with Crippen LogP contribution in [-0.4, -0.2) is 9.78 Å². The van der Waals surface area contributed by atoms with Crippen molar-refractivity contribution < 1.29 is 0 Å². The van der Waals surface area contributed by atoms with E-state index in [2.05, 4.69) is 29.4 Å². The molecule has 1 unspecified atom stereocenters. The van der Waals surface area contributed by atoms with Crippen LogP contribution >= 0.6 is 0 Å². The van der Waals surface area contributed by atoms with Crippen LogP contribution in [-0.2, 0) is 13.5 Å². The van der Waals surface area contributed by atoms with Gasteiger partial charge in [0.1, 0.15) is 0 Å².